The zero-order valence-corrected chi connectivity index (χ0v) is 15.2. The Hall–Kier alpha value is -0.580. The van der Waals surface area contributed by atoms with E-state index < -0.39 is 9.84 Å². The van der Waals surface area contributed by atoms with E-state index in [9.17, 15) is 13.2 Å². The lowest BCUT2D eigenvalue weighted by Crippen LogP contribution is -2.49. The molecule has 1 atom stereocenters. The molecule has 0 N–H and O–H groups in total. The summed E-state index contributed by atoms with van der Waals surface area (Å²) in [5.74, 6) is 0.816. The van der Waals surface area contributed by atoms with Crippen molar-refractivity contribution in [3.05, 3.63) is 0 Å². The minimum atomic E-state index is -3.04. The molecule has 3 rings (SSSR count). The van der Waals surface area contributed by atoms with Crippen LogP contribution in [0.25, 0.3) is 0 Å². The van der Waals surface area contributed by atoms with E-state index in [2.05, 4.69) is 0 Å². The third kappa shape index (κ3) is 3.45. The molecule has 5 heteroatoms. The monoisotopic (exact) mass is 341 g/mol. The van der Waals surface area contributed by atoms with Crippen molar-refractivity contribution in [1.29, 1.82) is 0 Å². The summed E-state index contributed by atoms with van der Waals surface area (Å²) in [6, 6.07) is 0. The fourth-order valence-corrected chi connectivity index (χ4v) is 6.20. The number of amides is 1. The highest BCUT2D eigenvalue weighted by Crippen LogP contribution is 2.49. The van der Waals surface area contributed by atoms with E-state index in [1.165, 1.54) is 44.8 Å². The Morgan fingerprint density at radius 2 is 1.57 bits per heavy atom. The summed E-state index contributed by atoms with van der Waals surface area (Å²) in [5.41, 5.74) is -0.176. The first-order valence-electron chi connectivity index (χ1n) is 9.42. The number of rotatable bonds is 3. The topological polar surface area (TPSA) is 54.5 Å². The molecule has 0 spiro atoms. The number of likely N-dealkylation sites (tertiary alicyclic amines) is 1. The summed E-state index contributed by atoms with van der Waals surface area (Å²) in [6.45, 7) is 1.05. The Bertz CT molecular complexity index is 530. The molecular weight excluding hydrogens is 310 g/mol. The Kier molecular flexibility index (Phi) is 5.05. The fraction of sp³-hybridized carbons (Fsp3) is 0.944. The normalized spacial score (nSPS) is 29.6. The quantitative estimate of drug-likeness (QED) is 0.792. The van der Waals surface area contributed by atoms with E-state index in [-0.39, 0.29) is 16.6 Å². The van der Waals surface area contributed by atoms with Crippen molar-refractivity contribution < 1.29 is 13.2 Å². The average molecular weight is 342 g/mol. The molecule has 23 heavy (non-hydrogen) atoms. The van der Waals surface area contributed by atoms with Gasteiger partial charge in [0.15, 0.2) is 9.84 Å². The first kappa shape index (κ1) is 17.2. The smallest absolute Gasteiger partial charge is 0.229 e. The van der Waals surface area contributed by atoms with E-state index >= 15 is 0 Å². The molecule has 1 amide bonds. The fourth-order valence-electron chi connectivity index (χ4n) is 5.21. The van der Waals surface area contributed by atoms with Crippen molar-refractivity contribution in [2.75, 3.05) is 19.3 Å². The van der Waals surface area contributed by atoms with Crippen LogP contribution in [0.15, 0.2) is 0 Å². The van der Waals surface area contributed by atoms with Crippen LogP contribution in [-0.4, -0.2) is 43.8 Å². The first-order chi connectivity index (χ1) is 10.9. The second kappa shape index (κ2) is 6.73. The van der Waals surface area contributed by atoms with Gasteiger partial charge < -0.3 is 4.90 Å². The number of hydrogen-bond donors (Lipinski definition) is 0. The molecule has 0 unspecified atom stereocenters. The molecule has 0 bridgehead atoms. The molecule has 0 radical (unpaired) electrons. The zero-order valence-electron chi connectivity index (χ0n) is 14.4. The van der Waals surface area contributed by atoms with Crippen LogP contribution in [0.4, 0.5) is 0 Å². The maximum Gasteiger partial charge on any atom is 0.229 e. The van der Waals surface area contributed by atoms with Crippen molar-refractivity contribution in [3.8, 4) is 0 Å². The van der Waals surface area contributed by atoms with Crippen LogP contribution in [-0.2, 0) is 14.6 Å². The van der Waals surface area contributed by atoms with Gasteiger partial charge in [-0.05, 0) is 38.0 Å². The second-order valence-corrected chi connectivity index (χ2v) is 10.4. The highest BCUT2D eigenvalue weighted by molar-refractivity contribution is 7.91. The molecule has 3 fully saturated rings. The summed E-state index contributed by atoms with van der Waals surface area (Å²) in [5, 5.41) is -0.349. The Balaban J connectivity index is 1.78. The summed E-state index contributed by atoms with van der Waals surface area (Å²) in [6.07, 6.45) is 13.7. The molecule has 2 saturated carbocycles. The predicted octanol–water partition coefficient (Wildman–Crippen LogP) is 3.16. The summed E-state index contributed by atoms with van der Waals surface area (Å²) < 4.78 is 23.6. The van der Waals surface area contributed by atoms with E-state index in [1.54, 1.807) is 0 Å². The standard InChI is InChI=1S/C18H31NO3S/c1-23(21,22)16-10-13-19(14-16)17(20)18(11-6-3-7-12-18)15-8-4-2-5-9-15/h15-16H,2-14H2,1H3/t16-/m0/s1. The SMILES string of the molecule is CS(=O)(=O)[C@H]1CCN(C(=O)C2(C3CCCCC3)CCCCC2)C1. The van der Waals surface area contributed by atoms with Crippen LogP contribution >= 0.6 is 0 Å². The molecule has 3 aliphatic rings. The average Bonchev–Trinajstić information content (AvgIpc) is 3.06. The summed E-state index contributed by atoms with van der Waals surface area (Å²) in [7, 11) is -3.04. The molecule has 2 aliphatic carbocycles. The lowest BCUT2D eigenvalue weighted by atomic mass is 9.61. The Morgan fingerprint density at radius 3 is 2.13 bits per heavy atom. The predicted molar refractivity (Wildman–Crippen MR) is 91.9 cm³/mol. The lowest BCUT2D eigenvalue weighted by molar-refractivity contribution is -0.148. The van der Waals surface area contributed by atoms with Gasteiger partial charge in [0, 0.05) is 19.3 Å². The number of sulfone groups is 1. The van der Waals surface area contributed by atoms with Crippen LogP contribution in [0.3, 0.4) is 0 Å². The summed E-state index contributed by atoms with van der Waals surface area (Å²) in [4.78, 5) is 15.3. The van der Waals surface area contributed by atoms with Crippen molar-refractivity contribution in [1.82, 2.24) is 4.90 Å². The van der Waals surface area contributed by atoms with Crippen LogP contribution < -0.4 is 0 Å². The molecule has 1 heterocycles. The molecule has 4 nitrogen and oxygen atoms in total. The minimum Gasteiger partial charge on any atom is -0.341 e. The van der Waals surface area contributed by atoms with Crippen molar-refractivity contribution in [2.24, 2.45) is 11.3 Å². The van der Waals surface area contributed by atoms with Crippen LogP contribution in [0, 0.1) is 11.3 Å². The van der Waals surface area contributed by atoms with E-state index in [0.717, 1.165) is 25.7 Å². The highest BCUT2D eigenvalue weighted by atomic mass is 32.2. The maximum atomic E-state index is 13.4. The van der Waals surface area contributed by atoms with Crippen molar-refractivity contribution >= 4 is 15.7 Å². The van der Waals surface area contributed by atoms with Gasteiger partial charge in [-0.25, -0.2) is 8.42 Å². The van der Waals surface area contributed by atoms with Gasteiger partial charge in [0.2, 0.25) is 5.91 Å². The number of carbonyl (C=O) groups excluding carboxylic acids is 1. The zero-order chi connectivity index (χ0) is 16.5. The molecule has 0 aromatic carbocycles. The molecule has 1 aliphatic heterocycles. The minimum absolute atomic E-state index is 0.176. The third-order valence-corrected chi connectivity index (χ3v) is 8.19. The van der Waals surface area contributed by atoms with Gasteiger partial charge in [0.1, 0.15) is 0 Å². The van der Waals surface area contributed by atoms with Crippen molar-refractivity contribution in [2.45, 2.75) is 75.9 Å². The van der Waals surface area contributed by atoms with Gasteiger partial charge in [0.25, 0.3) is 0 Å². The largest absolute Gasteiger partial charge is 0.341 e. The molecule has 0 aromatic rings. The van der Waals surface area contributed by atoms with Gasteiger partial charge >= 0.3 is 0 Å². The highest BCUT2D eigenvalue weighted by Gasteiger charge is 2.49. The van der Waals surface area contributed by atoms with Gasteiger partial charge in [-0.15, -0.1) is 0 Å². The summed E-state index contributed by atoms with van der Waals surface area (Å²) >= 11 is 0. The van der Waals surface area contributed by atoms with Crippen molar-refractivity contribution in [3.63, 3.8) is 0 Å². The van der Waals surface area contributed by atoms with E-state index in [4.69, 9.17) is 0 Å². The molecule has 132 valence electrons. The lowest BCUT2D eigenvalue weighted by Gasteiger charge is -2.46. The van der Waals surface area contributed by atoms with Gasteiger partial charge in [-0.3, -0.25) is 4.79 Å². The van der Waals surface area contributed by atoms with Crippen LogP contribution in [0.2, 0.25) is 0 Å². The Labute approximate surface area is 140 Å². The third-order valence-electron chi connectivity index (χ3n) is 6.60. The maximum absolute atomic E-state index is 13.4. The number of carbonyl (C=O) groups is 1. The number of hydrogen-bond acceptors (Lipinski definition) is 3. The first-order valence-corrected chi connectivity index (χ1v) is 11.4. The molecular formula is C18H31NO3S. The second-order valence-electron chi connectivity index (χ2n) is 8.04. The van der Waals surface area contributed by atoms with E-state index in [1.807, 2.05) is 4.90 Å². The van der Waals surface area contributed by atoms with Gasteiger partial charge in [-0.2, -0.15) is 0 Å². The number of nitrogens with zero attached hydrogens (tertiary/aromatic N) is 1. The van der Waals surface area contributed by atoms with Crippen LogP contribution in [0.1, 0.15) is 70.6 Å². The Morgan fingerprint density at radius 1 is 0.957 bits per heavy atom. The van der Waals surface area contributed by atoms with E-state index in [0.29, 0.717) is 25.4 Å². The van der Waals surface area contributed by atoms with Gasteiger partial charge in [0.05, 0.1) is 10.7 Å². The molecule has 0 aromatic heterocycles. The molecule has 1 saturated heterocycles. The van der Waals surface area contributed by atoms with Gasteiger partial charge in [-0.1, -0.05) is 38.5 Å². The van der Waals surface area contributed by atoms with Crippen LogP contribution in [0.5, 0.6) is 0 Å².